The zero-order valence-corrected chi connectivity index (χ0v) is 14.4. The summed E-state index contributed by atoms with van der Waals surface area (Å²) in [7, 11) is -0.758. The van der Waals surface area contributed by atoms with E-state index in [9.17, 15) is 13.5 Å². The minimum Gasteiger partial charge on any atom is -0.497 e. The van der Waals surface area contributed by atoms with E-state index in [4.69, 9.17) is 4.74 Å². The van der Waals surface area contributed by atoms with Gasteiger partial charge in [0, 0.05) is 13.6 Å². The van der Waals surface area contributed by atoms with Gasteiger partial charge in [-0.2, -0.15) is 9.40 Å². The number of aromatic amines is 1. The van der Waals surface area contributed by atoms with Crippen molar-refractivity contribution in [2.24, 2.45) is 0 Å². The number of sulfonamides is 1. The summed E-state index contributed by atoms with van der Waals surface area (Å²) in [6.45, 7) is 3.21. The van der Waals surface area contributed by atoms with E-state index in [-0.39, 0.29) is 11.4 Å². The molecule has 0 aliphatic rings. The molecule has 0 aliphatic heterocycles. The molecule has 2 aromatic rings. The van der Waals surface area contributed by atoms with Crippen LogP contribution < -0.4 is 4.74 Å². The second-order valence-corrected chi connectivity index (χ2v) is 7.32. The Hall–Kier alpha value is -1.90. The van der Waals surface area contributed by atoms with Gasteiger partial charge in [0.25, 0.3) is 0 Å². The maximum atomic E-state index is 12.7. The molecule has 1 unspecified atom stereocenters. The van der Waals surface area contributed by atoms with Crippen LogP contribution in [-0.4, -0.2) is 48.7 Å². The van der Waals surface area contributed by atoms with E-state index < -0.39 is 16.1 Å². The quantitative estimate of drug-likeness (QED) is 0.829. The minimum absolute atomic E-state index is 0.0699. The van der Waals surface area contributed by atoms with Gasteiger partial charge in [-0.25, -0.2) is 8.42 Å². The number of benzene rings is 1. The van der Waals surface area contributed by atoms with Crippen molar-refractivity contribution >= 4 is 10.0 Å². The lowest BCUT2D eigenvalue weighted by molar-refractivity contribution is 0.154. The summed E-state index contributed by atoms with van der Waals surface area (Å²) < 4.78 is 31.5. The van der Waals surface area contributed by atoms with Crippen molar-refractivity contribution in [1.82, 2.24) is 14.5 Å². The predicted octanol–water partition coefficient (Wildman–Crippen LogP) is 1.39. The topological polar surface area (TPSA) is 95.5 Å². The number of aliphatic hydroxyl groups is 1. The first kappa shape index (κ1) is 17.5. The Balaban J connectivity index is 2.22. The number of hydrogen-bond acceptors (Lipinski definition) is 5. The van der Waals surface area contributed by atoms with Gasteiger partial charge in [-0.05, 0) is 31.5 Å². The predicted molar refractivity (Wildman–Crippen MR) is 85.8 cm³/mol. The second kappa shape index (κ2) is 6.69. The molecule has 0 bridgehead atoms. The van der Waals surface area contributed by atoms with Crippen molar-refractivity contribution in [3.63, 3.8) is 0 Å². The molecule has 0 saturated heterocycles. The van der Waals surface area contributed by atoms with Gasteiger partial charge >= 0.3 is 0 Å². The molecule has 2 rings (SSSR count). The fraction of sp³-hybridized carbons (Fsp3) is 0.400. The summed E-state index contributed by atoms with van der Waals surface area (Å²) in [5, 5.41) is 16.9. The van der Waals surface area contributed by atoms with Gasteiger partial charge in [0.1, 0.15) is 10.6 Å². The molecule has 0 saturated carbocycles. The van der Waals surface area contributed by atoms with Crippen molar-refractivity contribution in [3.8, 4) is 5.75 Å². The van der Waals surface area contributed by atoms with E-state index in [1.807, 2.05) is 0 Å². The lowest BCUT2D eigenvalue weighted by Crippen LogP contribution is -2.31. The van der Waals surface area contributed by atoms with Crippen LogP contribution >= 0.6 is 0 Å². The molecule has 1 aromatic heterocycles. The maximum absolute atomic E-state index is 12.7. The fourth-order valence-electron chi connectivity index (χ4n) is 2.37. The average Bonchev–Trinajstić information content (AvgIpc) is 2.86. The Morgan fingerprint density at radius 3 is 2.65 bits per heavy atom. The van der Waals surface area contributed by atoms with Crippen LogP contribution in [0.3, 0.4) is 0 Å². The zero-order chi connectivity index (χ0) is 17.2. The van der Waals surface area contributed by atoms with E-state index in [1.165, 1.54) is 14.2 Å². The number of aryl methyl sites for hydroxylation is 2. The van der Waals surface area contributed by atoms with Gasteiger partial charge in [-0.15, -0.1) is 0 Å². The Morgan fingerprint density at radius 1 is 1.39 bits per heavy atom. The molecule has 2 N–H and O–H groups in total. The zero-order valence-electron chi connectivity index (χ0n) is 13.6. The van der Waals surface area contributed by atoms with E-state index in [0.29, 0.717) is 22.7 Å². The Kier molecular flexibility index (Phi) is 5.08. The number of hydrogen-bond donors (Lipinski definition) is 2. The van der Waals surface area contributed by atoms with E-state index in [0.717, 1.165) is 4.31 Å². The molecule has 0 radical (unpaired) electrons. The van der Waals surface area contributed by atoms with Gasteiger partial charge in [-0.3, -0.25) is 5.10 Å². The average molecular weight is 339 g/mol. The van der Waals surface area contributed by atoms with Gasteiger partial charge in [-0.1, -0.05) is 12.1 Å². The lowest BCUT2D eigenvalue weighted by Gasteiger charge is -2.21. The molecule has 23 heavy (non-hydrogen) atoms. The molecule has 1 atom stereocenters. The van der Waals surface area contributed by atoms with Gasteiger partial charge in [0.05, 0.1) is 24.6 Å². The van der Waals surface area contributed by atoms with Crippen molar-refractivity contribution in [3.05, 3.63) is 41.2 Å². The fourth-order valence-corrected chi connectivity index (χ4v) is 3.87. The highest BCUT2D eigenvalue weighted by molar-refractivity contribution is 7.89. The monoisotopic (exact) mass is 339 g/mol. The molecule has 0 aliphatic carbocycles. The lowest BCUT2D eigenvalue weighted by atomic mass is 10.1. The minimum atomic E-state index is -3.73. The normalized spacial score (nSPS) is 13.3. The molecular formula is C15H21N3O4S. The number of methoxy groups -OCH3 is 1. The highest BCUT2D eigenvalue weighted by Crippen LogP contribution is 2.24. The number of aliphatic hydroxyl groups excluding tert-OH is 1. The number of aromatic nitrogens is 2. The highest BCUT2D eigenvalue weighted by Gasteiger charge is 2.28. The first-order chi connectivity index (χ1) is 10.8. The second-order valence-electron chi connectivity index (χ2n) is 5.34. The summed E-state index contributed by atoms with van der Waals surface area (Å²) in [5.41, 5.74) is 1.47. The number of nitrogens with one attached hydrogen (secondary N) is 1. The standard InChI is InChI=1S/C15H21N3O4S/c1-10-15(11(2)17-16-10)23(20,21)18(3)9-14(19)12-6-5-7-13(8-12)22-4/h5-8,14,19H,9H2,1-4H3,(H,16,17). The number of likely N-dealkylation sites (N-methyl/N-ethyl adjacent to an activating group) is 1. The van der Waals surface area contributed by atoms with Crippen LogP contribution in [0.25, 0.3) is 0 Å². The number of ether oxygens (including phenoxy) is 1. The van der Waals surface area contributed by atoms with Crippen LogP contribution in [0.2, 0.25) is 0 Å². The summed E-state index contributed by atoms with van der Waals surface area (Å²) in [5.74, 6) is 0.605. The SMILES string of the molecule is COc1cccc(C(O)CN(C)S(=O)(=O)c2c(C)n[nH]c2C)c1. The van der Waals surface area contributed by atoms with Crippen LogP contribution in [0.5, 0.6) is 5.75 Å². The first-order valence-corrected chi connectivity index (χ1v) is 8.51. The largest absolute Gasteiger partial charge is 0.497 e. The summed E-state index contributed by atoms with van der Waals surface area (Å²) in [4.78, 5) is 0.151. The van der Waals surface area contributed by atoms with Crippen molar-refractivity contribution in [2.75, 3.05) is 20.7 Å². The van der Waals surface area contributed by atoms with E-state index in [1.54, 1.807) is 38.1 Å². The molecule has 1 heterocycles. The molecular weight excluding hydrogens is 318 g/mol. The van der Waals surface area contributed by atoms with Crippen molar-refractivity contribution in [1.29, 1.82) is 0 Å². The third kappa shape index (κ3) is 3.54. The van der Waals surface area contributed by atoms with Gasteiger partial charge < -0.3 is 9.84 Å². The summed E-state index contributed by atoms with van der Waals surface area (Å²) >= 11 is 0. The van der Waals surface area contributed by atoms with Crippen LogP contribution in [0.1, 0.15) is 23.1 Å². The Morgan fingerprint density at radius 2 is 2.09 bits per heavy atom. The summed E-state index contributed by atoms with van der Waals surface area (Å²) in [6, 6.07) is 6.91. The summed E-state index contributed by atoms with van der Waals surface area (Å²) in [6.07, 6.45) is -0.961. The van der Waals surface area contributed by atoms with Crippen LogP contribution in [0, 0.1) is 13.8 Å². The number of nitrogens with zero attached hydrogens (tertiary/aromatic N) is 2. The molecule has 8 heteroatoms. The number of H-pyrrole nitrogens is 1. The van der Waals surface area contributed by atoms with Crippen molar-refractivity contribution < 1.29 is 18.3 Å². The maximum Gasteiger partial charge on any atom is 0.246 e. The Labute approximate surface area is 136 Å². The molecule has 0 fully saturated rings. The number of rotatable bonds is 6. The Bertz CT molecular complexity index is 766. The highest BCUT2D eigenvalue weighted by atomic mass is 32.2. The van der Waals surface area contributed by atoms with Crippen LogP contribution in [-0.2, 0) is 10.0 Å². The van der Waals surface area contributed by atoms with Crippen molar-refractivity contribution in [2.45, 2.75) is 24.8 Å². The molecule has 1 aromatic carbocycles. The molecule has 0 amide bonds. The molecule has 126 valence electrons. The third-order valence-electron chi connectivity index (χ3n) is 3.64. The van der Waals surface area contributed by atoms with Gasteiger partial charge in [0.2, 0.25) is 10.0 Å². The van der Waals surface area contributed by atoms with Gasteiger partial charge in [0.15, 0.2) is 0 Å². The third-order valence-corrected chi connectivity index (χ3v) is 5.72. The van der Waals surface area contributed by atoms with Crippen LogP contribution in [0.4, 0.5) is 0 Å². The first-order valence-electron chi connectivity index (χ1n) is 7.07. The molecule has 0 spiro atoms. The smallest absolute Gasteiger partial charge is 0.246 e. The van der Waals surface area contributed by atoms with E-state index >= 15 is 0 Å². The van der Waals surface area contributed by atoms with E-state index in [2.05, 4.69) is 10.2 Å². The molecule has 7 nitrogen and oxygen atoms in total. The van der Waals surface area contributed by atoms with Crippen LogP contribution in [0.15, 0.2) is 29.2 Å².